The van der Waals surface area contributed by atoms with Crippen molar-refractivity contribution in [2.75, 3.05) is 5.75 Å². The fourth-order valence-corrected chi connectivity index (χ4v) is 4.78. The summed E-state index contributed by atoms with van der Waals surface area (Å²) in [4.78, 5) is 0. The first-order chi connectivity index (χ1) is 8.25. The largest absolute Gasteiger partial charge is 0.327 e. The lowest BCUT2D eigenvalue weighted by atomic mass is 9.71. The van der Waals surface area contributed by atoms with E-state index in [4.69, 9.17) is 5.73 Å². The maximum Gasteiger partial charge on any atom is 0.0501 e. The molecule has 3 heteroatoms. The second kappa shape index (κ2) is 6.51. The molecule has 0 spiro atoms. The standard InChI is InChI=1S/C15H31NOS/c1-6-11(2)10-18(17)14-9-12(15(3,4)5)7-8-13(14)16/h11-14H,6-10,16H2,1-5H3. The maximum atomic E-state index is 12.5. The maximum absolute atomic E-state index is 12.5. The second-order valence-corrected chi connectivity index (χ2v) is 8.84. The van der Waals surface area contributed by atoms with E-state index >= 15 is 0 Å². The molecule has 0 aromatic rings. The molecule has 1 aliphatic rings. The molecule has 108 valence electrons. The van der Waals surface area contributed by atoms with E-state index in [9.17, 15) is 4.21 Å². The summed E-state index contributed by atoms with van der Waals surface area (Å²) in [6.07, 6.45) is 4.39. The van der Waals surface area contributed by atoms with Crippen molar-refractivity contribution in [3.63, 3.8) is 0 Å². The van der Waals surface area contributed by atoms with Gasteiger partial charge in [-0.25, -0.2) is 0 Å². The van der Waals surface area contributed by atoms with Gasteiger partial charge in [0.15, 0.2) is 0 Å². The Morgan fingerprint density at radius 2 is 1.94 bits per heavy atom. The Hall–Kier alpha value is 0.110. The normalized spacial score (nSPS) is 33.1. The zero-order valence-electron chi connectivity index (χ0n) is 12.7. The lowest BCUT2D eigenvalue weighted by Crippen LogP contribution is -2.46. The molecule has 0 aromatic heterocycles. The van der Waals surface area contributed by atoms with Crippen molar-refractivity contribution in [3.05, 3.63) is 0 Å². The summed E-state index contributed by atoms with van der Waals surface area (Å²) in [5.74, 6) is 2.04. The minimum absolute atomic E-state index is 0.147. The third-order valence-electron chi connectivity index (χ3n) is 4.55. The van der Waals surface area contributed by atoms with E-state index in [1.165, 1.54) is 6.42 Å². The van der Waals surface area contributed by atoms with Gasteiger partial charge < -0.3 is 5.73 Å². The molecule has 2 N–H and O–H groups in total. The summed E-state index contributed by atoms with van der Waals surface area (Å²) in [7, 11) is -0.747. The molecule has 0 heterocycles. The molecule has 1 rings (SSSR count). The van der Waals surface area contributed by atoms with Crippen molar-refractivity contribution < 1.29 is 4.21 Å². The Balaban J connectivity index is 2.65. The average molecular weight is 273 g/mol. The summed E-state index contributed by atoms with van der Waals surface area (Å²) in [6.45, 7) is 11.2. The van der Waals surface area contributed by atoms with Gasteiger partial charge in [-0.1, -0.05) is 41.0 Å². The highest BCUT2D eigenvalue weighted by Crippen LogP contribution is 2.39. The molecule has 0 radical (unpaired) electrons. The molecule has 0 saturated heterocycles. The zero-order valence-corrected chi connectivity index (χ0v) is 13.6. The van der Waals surface area contributed by atoms with Gasteiger partial charge in [0.2, 0.25) is 0 Å². The van der Waals surface area contributed by atoms with Crippen molar-refractivity contribution in [2.45, 2.75) is 71.6 Å². The highest BCUT2D eigenvalue weighted by Gasteiger charge is 2.37. The van der Waals surface area contributed by atoms with Crippen LogP contribution >= 0.6 is 0 Å². The molecular formula is C15H31NOS. The van der Waals surface area contributed by atoms with E-state index in [-0.39, 0.29) is 11.3 Å². The first kappa shape index (κ1) is 16.2. The van der Waals surface area contributed by atoms with Crippen molar-refractivity contribution >= 4 is 10.8 Å². The Labute approximate surface area is 116 Å². The van der Waals surface area contributed by atoms with E-state index in [0.29, 0.717) is 17.3 Å². The molecular weight excluding hydrogens is 242 g/mol. The molecule has 0 aliphatic heterocycles. The number of hydrogen-bond acceptors (Lipinski definition) is 2. The average Bonchev–Trinajstić information content (AvgIpc) is 2.27. The van der Waals surface area contributed by atoms with Gasteiger partial charge in [0.1, 0.15) is 0 Å². The number of rotatable bonds is 4. The summed E-state index contributed by atoms with van der Waals surface area (Å²) in [5, 5.41) is 0.219. The van der Waals surface area contributed by atoms with Crippen LogP contribution in [-0.4, -0.2) is 21.3 Å². The Morgan fingerprint density at radius 1 is 1.33 bits per heavy atom. The lowest BCUT2D eigenvalue weighted by Gasteiger charge is -2.40. The predicted octanol–water partition coefficient (Wildman–Crippen LogP) is 3.32. The molecule has 0 aromatic carbocycles. The zero-order chi connectivity index (χ0) is 13.9. The van der Waals surface area contributed by atoms with Crippen LogP contribution < -0.4 is 5.73 Å². The van der Waals surface area contributed by atoms with Crippen LogP contribution in [0.4, 0.5) is 0 Å². The van der Waals surface area contributed by atoms with Crippen LogP contribution in [-0.2, 0) is 10.8 Å². The molecule has 5 unspecified atom stereocenters. The highest BCUT2D eigenvalue weighted by atomic mass is 32.2. The van der Waals surface area contributed by atoms with Gasteiger partial charge in [-0.3, -0.25) is 4.21 Å². The van der Waals surface area contributed by atoms with Gasteiger partial charge in [-0.2, -0.15) is 0 Å². The third kappa shape index (κ3) is 4.34. The smallest absolute Gasteiger partial charge is 0.0501 e. The monoisotopic (exact) mass is 273 g/mol. The highest BCUT2D eigenvalue weighted by molar-refractivity contribution is 7.85. The van der Waals surface area contributed by atoms with E-state index in [0.717, 1.165) is 25.0 Å². The fourth-order valence-electron chi connectivity index (χ4n) is 2.76. The van der Waals surface area contributed by atoms with Gasteiger partial charge in [-0.05, 0) is 36.5 Å². The Kier molecular flexibility index (Phi) is 5.85. The van der Waals surface area contributed by atoms with Crippen LogP contribution in [0, 0.1) is 17.3 Å². The second-order valence-electron chi connectivity index (χ2n) is 7.14. The SMILES string of the molecule is CCC(C)CS(=O)C1CC(C(C)(C)C)CCC1N. The Bertz CT molecular complexity index is 285. The fraction of sp³-hybridized carbons (Fsp3) is 1.00. The lowest BCUT2D eigenvalue weighted by molar-refractivity contribution is 0.173. The third-order valence-corrected chi connectivity index (χ3v) is 6.67. The first-order valence-electron chi connectivity index (χ1n) is 7.38. The number of hydrogen-bond donors (Lipinski definition) is 1. The van der Waals surface area contributed by atoms with Crippen LogP contribution in [0.25, 0.3) is 0 Å². The molecule has 0 bridgehead atoms. The van der Waals surface area contributed by atoms with Gasteiger partial charge in [0.05, 0.1) is 5.25 Å². The molecule has 1 fully saturated rings. The Morgan fingerprint density at radius 3 is 2.44 bits per heavy atom. The van der Waals surface area contributed by atoms with E-state index in [2.05, 4.69) is 34.6 Å². The molecule has 0 amide bonds. The minimum Gasteiger partial charge on any atom is -0.327 e. The van der Waals surface area contributed by atoms with Gasteiger partial charge in [0.25, 0.3) is 0 Å². The van der Waals surface area contributed by atoms with Crippen molar-refractivity contribution in [1.82, 2.24) is 0 Å². The van der Waals surface area contributed by atoms with Crippen LogP contribution in [0.15, 0.2) is 0 Å². The van der Waals surface area contributed by atoms with Gasteiger partial charge >= 0.3 is 0 Å². The summed E-state index contributed by atoms with van der Waals surface area (Å²) in [5.41, 5.74) is 6.53. The first-order valence-corrected chi connectivity index (χ1v) is 8.76. The van der Waals surface area contributed by atoms with Crippen LogP contribution in [0.2, 0.25) is 0 Å². The van der Waals surface area contributed by atoms with Crippen molar-refractivity contribution in [3.8, 4) is 0 Å². The molecule has 18 heavy (non-hydrogen) atoms. The van der Waals surface area contributed by atoms with E-state index in [1.807, 2.05) is 0 Å². The van der Waals surface area contributed by atoms with Crippen molar-refractivity contribution in [1.29, 1.82) is 0 Å². The predicted molar refractivity (Wildman–Crippen MR) is 81.0 cm³/mol. The van der Waals surface area contributed by atoms with Crippen LogP contribution in [0.5, 0.6) is 0 Å². The summed E-state index contributed by atoms with van der Waals surface area (Å²) >= 11 is 0. The van der Waals surface area contributed by atoms with Gasteiger partial charge in [-0.15, -0.1) is 0 Å². The summed E-state index contributed by atoms with van der Waals surface area (Å²) in [6, 6.07) is 0.147. The molecule has 1 saturated carbocycles. The van der Waals surface area contributed by atoms with Crippen LogP contribution in [0.3, 0.4) is 0 Å². The number of nitrogens with two attached hydrogens (primary N) is 1. The quantitative estimate of drug-likeness (QED) is 0.854. The summed E-state index contributed by atoms with van der Waals surface area (Å²) < 4.78 is 12.5. The molecule has 5 atom stereocenters. The van der Waals surface area contributed by atoms with Crippen molar-refractivity contribution in [2.24, 2.45) is 23.0 Å². The molecule has 1 aliphatic carbocycles. The minimum atomic E-state index is -0.747. The van der Waals surface area contributed by atoms with Gasteiger partial charge in [0, 0.05) is 22.6 Å². The van der Waals surface area contributed by atoms with E-state index < -0.39 is 10.8 Å². The molecule has 2 nitrogen and oxygen atoms in total. The van der Waals surface area contributed by atoms with E-state index in [1.54, 1.807) is 0 Å². The van der Waals surface area contributed by atoms with Crippen LogP contribution in [0.1, 0.15) is 60.3 Å². The topological polar surface area (TPSA) is 43.1 Å².